The second-order valence-electron chi connectivity index (χ2n) is 2.72. The molecule has 0 aliphatic carbocycles. The molecule has 0 aromatic carbocycles. The van der Waals surface area contributed by atoms with Gasteiger partial charge in [-0.1, -0.05) is 26.2 Å². The Kier molecular flexibility index (Phi) is 5.23. The van der Waals surface area contributed by atoms with E-state index in [9.17, 15) is 0 Å². The molecule has 0 radical (unpaired) electrons. The summed E-state index contributed by atoms with van der Waals surface area (Å²) in [5, 5.41) is 13.3. The van der Waals surface area contributed by atoms with Gasteiger partial charge in [0.05, 0.1) is 0 Å². The summed E-state index contributed by atoms with van der Waals surface area (Å²) in [5.74, 6) is 0. The van der Waals surface area contributed by atoms with Crippen LogP contribution in [0.3, 0.4) is 0 Å². The normalized spacial score (nSPS) is 31.8. The Balaban J connectivity index is 0.000000810. The third kappa shape index (κ3) is 2.24. The van der Waals surface area contributed by atoms with Crippen molar-refractivity contribution < 1.29 is 36.2 Å². The molecule has 0 spiro atoms. The molecule has 0 amide bonds. The van der Waals surface area contributed by atoms with Crippen molar-refractivity contribution >= 4 is 0 Å². The van der Waals surface area contributed by atoms with E-state index in [1.165, 1.54) is 0 Å². The quantitative estimate of drug-likeness (QED) is 0.786. The first-order valence-corrected chi connectivity index (χ1v) is 3.62. The summed E-state index contributed by atoms with van der Waals surface area (Å²) in [4.78, 5) is 0. The summed E-state index contributed by atoms with van der Waals surface area (Å²) in [6, 6.07) is 0. The number of rotatable bonds is 2. The number of aliphatic hydroxyl groups excluding tert-OH is 1. The molecule has 1 N–H and O–H groups in total. The van der Waals surface area contributed by atoms with Crippen molar-refractivity contribution in [2.75, 3.05) is 13.2 Å². The summed E-state index contributed by atoms with van der Waals surface area (Å²) < 4.78 is 0. The predicted octanol–water partition coefficient (Wildman–Crippen LogP) is 1.29. The second-order valence-corrected chi connectivity index (χ2v) is 2.72. The fourth-order valence-electron chi connectivity index (χ4n) is 1.33. The predicted molar refractivity (Wildman–Crippen MR) is 37.6 cm³/mol. The molecular formula is C7H14NOU-. The van der Waals surface area contributed by atoms with Crippen LogP contribution >= 0.6 is 0 Å². The van der Waals surface area contributed by atoms with E-state index in [1.54, 1.807) is 0 Å². The third-order valence-electron chi connectivity index (χ3n) is 2.20. The largest absolute Gasteiger partial charge is 0.655 e. The summed E-state index contributed by atoms with van der Waals surface area (Å²) in [6.07, 6.45) is 3.23. The van der Waals surface area contributed by atoms with E-state index in [1.807, 2.05) is 0 Å². The first-order valence-electron chi connectivity index (χ1n) is 3.62. The Morgan fingerprint density at radius 3 is 2.50 bits per heavy atom. The monoisotopic (exact) mass is 366 g/mol. The molecule has 1 fully saturated rings. The zero-order chi connectivity index (χ0) is 6.74. The van der Waals surface area contributed by atoms with Crippen LogP contribution in [0, 0.1) is 31.1 Å². The first kappa shape index (κ1) is 11.0. The van der Waals surface area contributed by atoms with Gasteiger partial charge in [-0.3, -0.25) is 0 Å². The van der Waals surface area contributed by atoms with Crippen molar-refractivity contribution in [1.29, 1.82) is 0 Å². The van der Waals surface area contributed by atoms with Gasteiger partial charge in [0.1, 0.15) is 0 Å². The van der Waals surface area contributed by atoms with Crippen molar-refractivity contribution in [2.45, 2.75) is 31.7 Å². The molecule has 0 aromatic rings. The molecule has 0 bridgehead atoms. The van der Waals surface area contributed by atoms with Crippen LogP contribution in [0.5, 0.6) is 0 Å². The van der Waals surface area contributed by atoms with Crippen molar-refractivity contribution in [3.8, 4) is 0 Å². The standard InChI is InChI=1S/C7H14NO.U/c1-2-7(6-9)4-3-5-8-7;/h9H,2-6H2,1H3;/q-1;. The van der Waals surface area contributed by atoms with Gasteiger partial charge in [0.15, 0.2) is 0 Å². The van der Waals surface area contributed by atoms with Crippen LogP contribution in [0.1, 0.15) is 26.2 Å². The van der Waals surface area contributed by atoms with Crippen LogP contribution < -0.4 is 0 Å². The molecule has 3 heteroatoms. The minimum atomic E-state index is -0.0417. The Morgan fingerprint density at radius 1 is 1.60 bits per heavy atom. The molecular weight excluding hydrogens is 352 g/mol. The van der Waals surface area contributed by atoms with Gasteiger partial charge in [0.25, 0.3) is 0 Å². The van der Waals surface area contributed by atoms with Crippen LogP contribution in [0.25, 0.3) is 5.32 Å². The Morgan fingerprint density at radius 2 is 2.30 bits per heavy atom. The molecule has 1 aliphatic heterocycles. The molecule has 0 aromatic heterocycles. The van der Waals surface area contributed by atoms with Gasteiger partial charge in [-0.2, -0.15) is 0 Å². The zero-order valence-corrected chi connectivity index (χ0v) is 10.6. The van der Waals surface area contributed by atoms with E-state index in [0.717, 1.165) is 25.8 Å². The maximum absolute atomic E-state index is 8.92. The average molecular weight is 366 g/mol. The van der Waals surface area contributed by atoms with E-state index < -0.39 is 0 Å². The van der Waals surface area contributed by atoms with Gasteiger partial charge < -0.3 is 10.4 Å². The number of nitrogens with zero attached hydrogens (tertiary/aromatic N) is 1. The van der Waals surface area contributed by atoms with E-state index in [-0.39, 0.29) is 43.3 Å². The van der Waals surface area contributed by atoms with Gasteiger partial charge in [0, 0.05) is 37.7 Å². The molecule has 2 nitrogen and oxygen atoms in total. The smallest absolute Gasteiger partial charge is 0.0298 e. The number of hydrogen-bond acceptors (Lipinski definition) is 1. The molecule has 1 rings (SSSR count). The SMILES string of the molecule is CCC1(CO)CCC[N-]1.[U]. The van der Waals surface area contributed by atoms with Crippen LogP contribution in [0.2, 0.25) is 0 Å². The molecule has 1 heterocycles. The number of hydrogen-bond donors (Lipinski definition) is 1. The Bertz CT molecular complexity index is 85.6. The van der Waals surface area contributed by atoms with E-state index >= 15 is 0 Å². The molecule has 1 atom stereocenters. The van der Waals surface area contributed by atoms with E-state index in [4.69, 9.17) is 5.11 Å². The van der Waals surface area contributed by atoms with Crippen molar-refractivity contribution in [3.05, 3.63) is 5.32 Å². The minimum absolute atomic E-state index is 0. The van der Waals surface area contributed by atoms with Crippen LogP contribution in [-0.2, 0) is 0 Å². The average Bonchev–Trinajstić information content (AvgIpc) is 2.36. The summed E-state index contributed by atoms with van der Waals surface area (Å²) >= 11 is 0. The van der Waals surface area contributed by atoms with Gasteiger partial charge in [-0.25, -0.2) is 0 Å². The Hall–Kier alpha value is 0.972. The van der Waals surface area contributed by atoms with E-state index in [2.05, 4.69) is 12.2 Å². The first-order chi connectivity index (χ1) is 4.33. The van der Waals surface area contributed by atoms with Crippen LogP contribution in [-0.4, -0.2) is 23.8 Å². The van der Waals surface area contributed by atoms with Crippen molar-refractivity contribution in [1.82, 2.24) is 0 Å². The molecule has 0 saturated carbocycles. The van der Waals surface area contributed by atoms with Crippen molar-refractivity contribution in [2.24, 2.45) is 0 Å². The fraction of sp³-hybridized carbons (Fsp3) is 1.00. The molecule has 58 valence electrons. The van der Waals surface area contributed by atoms with E-state index in [0.29, 0.717) is 0 Å². The Labute approximate surface area is 86.1 Å². The molecule has 10 heavy (non-hydrogen) atoms. The van der Waals surface area contributed by atoms with Crippen molar-refractivity contribution in [3.63, 3.8) is 0 Å². The maximum Gasteiger partial charge on any atom is 0.0298 e. The topological polar surface area (TPSA) is 34.3 Å². The van der Waals surface area contributed by atoms with Gasteiger partial charge in [-0.15, -0.1) is 12.1 Å². The maximum atomic E-state index is 8.92. The third-order valence-corrected chi connectivity index (χ3v) is 2.20. The molecule has 1 unspecified atom stereocenters. The number of aliphatic hydroxyl groups is 1. The summed E-state index contributed by atoms with van der Waals surface area (Å²) in [7, 11) is 0. The minimum Gasteiger partial charge on any atom is -0.655 e. The van der Waals surface area contributed by atoms with Gasteiger partial charge >= 0.3 is 0 Å². The van der Waals surface area contributed by atoms with Gasteiger partial charge in [-0.05, 0) is 0 Å². The fourth-order valence-corrected chi connectivity index (χ4v) is 1.33. The summed E-state index contributed by atoms with van der Waals surface area (Å²) in [5.41, 5.74) is -0.0417. The second kappa shape index (κ2) is 4.77. The van der Waals surface area contributed by atoms with Gasteiger partial charge in [0.2, 0.25) is 0 Å². The summed E-state index contributed by atoms with van der Waals surface area (Å²) in [6.45, 7) is 3.28. The van der Waals surface area contributed by atoms with Crippen LogP contribution in [0.4, 0.5) is 0 Å². The molecule has 1 aliphatic rings. The van der Waals surface area contributed by atoms with Crippen LogP contribution in [0.15, 0.2) is 0 Å². The zero-order valence-electron chi connectivity index (χ0n) is 6.43. The molecule has 1 saturated heterocycles.